The lowest BCUT2D eigenvalue weighted by Gasteiger charge is -2.14. The molecule has 0 heterocycles. The predicted octanol–water partition coefficient (Wildman–Crippen LogP) is 1.69. The molecule has 0 amide bonds. The molecule has 0 aliphatic carbocycles. The Morgan fingerprint density at radius 1 is 1.11 bits per heavy atom. The van der Waals surface area contributed by atoms with E-state index in [1.54, 1.807) is 38.5 Å². The highest BCUT2D eigenvalue weighted by molar-refractivity contribution is 5.62. The molecule has 0 saturated heterocycles. The third-order valence-electron chi connectivity index (χ3n) is 2.22. The molecule has 100 valence electrons. The minimum absolute atomic E-state index is 0.0213. The van der Waals surface area contributed by atoms with Crippen molar-refractivity contribution in [2.24, 2.45) is 0 Å². The quantitative estimate of drug-likeness (QED) is 0.750. The molecule has 0 bridgehead atoms. The van der Waals surface area contributed by atoms with Crippen LogP contribution in [0.2, 0.25) is 0 Å². The average Bonchev–Trinajstić information content (AvgIpc) is 2.42. The number of methoxy groups -OCH3 is 3. The van der Waals surface area contributed by atoms with Gasteiger partial charge in [0.05, 0.1) is 20.8 Å². The molecule has 0 unspecified atom stereocenters. The highest BCUT2D eigenvalue weighted by atomic mass is 16.7. The van der Waals surface area contributed by atoms with Crippen LogP contribution in [0.5, 0.6) is 17.2 Å². The fourth-order valence-corrected chi connectivity index (χ4v) is 1.45. The van der Waals surface area contributed by atoms with Gasteiger partial charge in [-0.15, -0.1) is 0 Å². The summed E-state index contributed by atoms with van der Waals surface area (Å²) in [7, 11) is 4.64. The molecule has 0 aromatic heterocycles. The van der Waals surface area contributed by atoms with E-state index in [2.05, 4.69) is 0 Å². The first-order chi connectivity index (χ1) is 8.76. The highest BCUT2D eigenvalue weighted by Crippen LogP contribution is 2.38. The molecule has 5 nitrogen and oxygen atoms in total. The van der Waals surface area contributed by atoms with Gasteiger partial charge in [-0.25, -0.2) is 0 Å². The van der Waals surface area contributed by atoms with Gasteiger partial charge >= 0.3 is 0 Å². The lowest BCUT2D eigenvalue weighted by molar-refractivity contribution is 0.0471. The molecule has 1 rings (SSSR count). The SMILES string of the molecule is COCOc1c(OC)cc(/C=C/CO)cc1OC. The minimum Gasteiger partial charge on any atom is -0.493 e. The first kappa shape index (κ1) is 14.3. The zero-order valence-electron chi connectivity index (χ0n) is 10.8. The molecule has 18 heavy (non-hydrogen) atoms. The number of aliphatic hydroxyl groups excluding tert-OH is 1. The Morgan fingerprint density at radius 3 is 2.17 bits per heavy atom. The summed E-state index contributed by atoms with van der Waals surface area (Å²) in [5.41, 5.74) is 0.850. The molecule has 1 aromatic carbocycles. The lowest BCUT2D eigenvalue weighted by atomic mass is 10.1. The zero-order chi connectivity index (χ0) is 13.4. The molecule has 0 radical (unpaired) electrons. The Bertz CT molecular complexity index is 375. The maximum atomic E-state index is 8.76. The molecule has 5 heteroatoms. The number of rotatable bonds is 7. The van der Waals surface area contributed by atoms with Gasteiger partial charge in [-0.2, -0.15) is 0 Å². The summed E-state index contributed by atoms with van der Waals surface area (Å²) in [4.78, 5) is 0. The van der Waals surface area contributed by atoms with Crippen LogP contribution in [0.3, 0.4) is 0 Å². The Labute approximate surface area is 107 Å². The maximum Gasteiger partial charge on any atom is 0.206 e. The first-order valence-corrected chi connectivity index (χ1v) is 5.42. The van der Waals surface area contributed by atoms with Gasteiger partial charge in [0.2, 0.25) is 5.75 Å². The van der Waals surface area contributed by atoms with Crippen LogP contribution in [-0.2, 0) is 4.74 Å². The van der Waals surface area contributed by atoms with Crippen LogP contribution in [-0.4, -0.2) is 39.8 Å². The van der Waals surface area contributed by atoms with Crippen LogP contribution in [0, 0.1) is 0 Å². The maximum absolute atomic E-state index is 8.76. The van der Waals surface area contributed by atoms with Crippen molar-refractivity contribution in [1.82, 2.24) is 0 Å². The van der Waals surface area contributed by atoms with Crippen molar-refractivity contribution in [2.75, 3.05) is 34.7 Å². The summed E-state index contributed by atoms with van der Waals surface area (Å²) < 4.78 is 20.8. The number of benzene rings is 1. The Hall–Kier alpha value is -1.72. The van der Waals surface area contributed by atoms with Crippen molar-refractivity contribution in [3.63, 3.8) is 0 Å². The average molecular weight is 254 g/mol. The van der Waals surface area contributed by atoms with Gasteiger partial charge in [-0.1, -0.05) is 12.2 Å². The Kier molecular flexibility index (Phi) is 6.04. The van der Waals surface area contributed by atoms with Crippen molar-refractivity contribution < 1.29 is 24.1 Å². The fourth-order valence-electron chi connectivity index (χ4n) is 1.45. The van der Waals surface area contributed by atoms with Gasteiger partial charge in [0.1, 0.15) is 0 Å². The molecule has 0 aliphatic rings. The second-order valence-electron chi connectivity index (χ2n) is 3.39. The van der Waals surface area contributed by atoms with E-state index in [-0.39, 0.29) is 13.4 Å². The molecular formula is C13H18O5. The van der Waals surface area contributed by atoms with Gasteiger partial charge in [0.15, 0.2) is 18.3 Å². The summed E-state index contributed by atoms with van der Waals surface area (Å²) in [6.07, 6.45) is 3.40. The smallest absolute Gasteiger partial charge is 0.206 e. The third-order valence-corrected chi connectivity index (χ3v) is 2.22. The highest BCUT2D eigenvalue weighted by Gasteiger charge is 2.13. The van der Waals surface area contributed by atoms with Gasteiger partial charge in [0, 0.05) is 7.11 Å². The molecule has 0 atom stereocenters. The normalized spacial score (nSPS) is 10.7. The topological polar surface area (TPSA) is 57.2 Å². The zero-order valence-corrected chi connectivity index (χ0v) is 10.8. The van der Waals surface area contributed by atoms with E-state index in [0.29, 0.717) is 17.2 Å². The van der Waals surface area contributed by atoms with Gasteiger partial charge in [0.25, 0.3) is 0 Å². The van der Waals surface area contributed by atoms with Crippen LogP contribution in [0.15, 0.2) is 18.2 Å². The first-order valence-electron chi connectivity index (χ1n) is 5.42. The number of aliphatic hydroxyl groups is 1. The number of ether oxygens (including phenoxy) is 4. The summed E-state index contributed by atoms with van der Waals surface area (Å²) in [5, 5.41) is 8.76. The van der Waals surface area contributed by atoms with E-state index < -0.39 is 0 Å². The molecule has 0 saturated carbocycles. The van der Waals surface area contributed by atoms with Crippen molar-refractivity contribution >= 4 is 6.08 Å². The fraction of sp³-hybridized carbons (Fsp3) is 0.385. The number of hydrogen-bond acceptors (Lipinski definition) is 5. The molecule has 1 N–H and O–H groups in total. The summed E-state index contributed by atoms with van der Waals surface area (Å²) in [5.74, 6) is 1.58. The minimum atomic E-state index is -0.0213. The lowest BCUT2D eigenvalue weighted by Crippen LogP contribution is -2.03. The van der Waals surface area contributed by atoms with Crippen LogP contribution >= 0.6 is 0 Å². The third kappa shape index (κ3) is 3.65. The Morgan fingerprint density at radius 2 is 1.72 bits per heavy atom. The van der Waals surface area contributed by atoms with Crippen molar-refractivity contribution in [3.8, 4) is 17.2 Å². The Balaban J connectivity index is 3.12. The van der Waals surface area contributed by atoms with Crippen LogP contribution in [0.25, 0.3) is 6.08 Å². The second kappa shape index (κ2) is 7.58. The summed E-state index contributed by atoms with van der Waals surface area (Å²) >= 11 is 0. The van der Waals surface area contributed by atoms with Gasteiger partial charge < -0.3 is 24.1 Å². The number of hydrogen-bond donors (Lipinski definition) is 1. The monoisotopic (exact) mass is 254 g/mol. The van der Waals surface area contributed by atoms with Crippen molar-refractivity contribution in [1.29, 1.82) is 0 Å². The molecular weight excluding hydrogens is 236 g/mol. The summed E-state index contributed by atoms with van der Waals surface area (Å²) in [6.45, 7) is 0.0884. The van der Waals surface area contributed by atoms with E-state index in [9.17, 15) is 0 Å². The molecule has 0 spiro atoms. The van der Waals surface area contributed by atoms with E-state index in [1.165, 1.54) is 7.11 Å². The summed E-state index contributed by atoms with van der Waals surface area (Å²) in [6, 6.07) is 3.58. The van der Waals surface area contributed by atoms with E-state index >= 15 is 0 Å². The second-order valence-corrected chi connectivity index (χ2v) is 3.39. The largest absolute Gasteiger partial charge is 0.493 e. The van der Waals surface area contributed by atoms with Crippen LogP contribution < -0.4 is 14.2 Å². The van der Waals surface area contributed by atoms with E-state index in [0.717, 1.165) is 5.56 Å². The molecule has 0 aliphatic heterocycles. The van der Waals surface area contributed by atoms with Crippen LogP contribution in [0.1, 0.15) is 5.56 Å². The van der Waals surface area contributed by atoms with Gasteiger partial charge in [-0.3, -0.25) is 0 Å². The molecule has 0 fully saturated rings. The van der Waals surface area contributed by atoms with Crippen molar-refractivity contribution in [2.45, 2.75) is 0 Å². The van der Waals surface area contributed by atoms with Gasteiger partial charge in [-0.05, 0) is 17.7 Å². The van der Waals surface area contributed by atoms with E-state index in [1.807, 2.05) is 0 Å². The van der Waals surface area contributed by atoms with E-state index in [4.69, 9.17) is 24.1 Å². The van der Waals surface area contributed by atoms with Crippen LogP contribution in [0.4, 0.5) is 0 Å². The standard InChI is InChI=1S/C13H18O5/c1-15-9-18-13-11(16-2)7-10(5-4-6-14)8-12(13)17-3/h4-5,7-8,14H,6,9H2,1-3H3/b5-4+. The van der Waals surface area contributed by atoms with Crippen molar-refractivity contribution in [3.05, 3.63) is 23.8 Å². The molecule has 1 aromatic rings. The predicted molar refractivity (Wildman–Crippen MR) is 68.2 cm³/mol.